The highest BCUT2D eigenvalue weighted by molar-refractivity contribution is 7.53. The normalized spacial score (nSPS) is 12.0. The molecule has 5 heteroatoms. The fourth-order valence-corrected chi connectivity index (χ4v) is 4.32. The summed E-state index contributed by atoms with van der Waals surface area (Å²) in [5.74, 6) is 0.735. The predicted octanol–water partition coefficient (Wildman–Crippen LogP) is 5.39. The molecule has 4 nitrogen and oxygen atoms in total. The van der Waals surface area contributed by atoms with Crippen molar-refractivity contribution < 1.29 is 18.3 Å². The van der Waals surface area contributed by atoms with Crippen LogP contribution in [-0.2, 0) is 19.8 Å². The molecule has 0 heterocycles. The van der Waals surface area contributed by atoms with Crippen molar-refractivity contribution >= 4 is 18.4 Å². The van der Waals surface area contributed by atoms with Crippen LogP contribution < -0.4 is 4.74 Å². The third-order valence-electron chi connectivity index (χ3n) is 3.36. The lowest BCUT2D eigenvalue weighted by Crippen LogP contribution is -2.09. The minimum Gasteiger partial charge on any atom is -0.491 e. The second-order valence-electron chi connectivity index (χ2n) is 5.53. The Morgan fingerprint density at radius 3 is 2.26 bits per heavy atom. The second kappa shape index (κ2) is 7.96. The van der Waals surface area contributed by atoms with Gasteiger partial charge in [0.1, 0.15) is 5.75 Å². The highest BCUT2D eigenvalue weighted by Gasteiger charge is 2.27. The van der Waals surface area contributed by atoms with Crippen LogP contribution in [0, 0.1) is 0 Å². The Kier molecular flexibility index (Phi) is 6.23. The summed E-state index contributed by atoms with van der Waals surface area (Å²) in [6.07, 6.45) is 0.242. The maximum absolute atomic E-state index is 13.0. The zero-order valence-electron chi connectivity index (χ0n) is 14.2. The van der Waals surface area contributed by atoms with Crippen LogP contribution in [0.5, 0.6) is 5.75 Å². The average molecular weight is 336 g/mol. The van der Waals surface area contributed by atoms with E-state index in [-0.39, 0.29) is 12.3 Å². The van der Waals surface area contributed by atoms with Crippen LogP contribution in [0.1, 0.15) is 33.3 Å². The van der Waals surface area contributed by atoms with Gasteiger partial charge in [0.2, 0.25) is 0 Å². The van der Waals surface area contributed by atoms with E-state index >= 15 is 0 Å². The van der Waals surface area contributed by atoms with Crippen molar-refractivity contribution in [1.29, 1.82) is 0 Å². The van der Waals surface area contributed by atoms with Crippen molar-refractivity contribution in [3.63, 3.8) is 0 Å². The first-order valence-corrected chi connectivity index (χ1v) is 9.77. The zero-order valence-corrected chi connectivity index (χ0v) is 15.1. The molecule has 2 rings (SSSR count). The SMILES string of the molecule is CCOP(=O)(Cc1c(OC(C)C)ccc2ccccc12)OCC. The monoisotopic (exact) mass is 336 g/mol. The van der Waals surface area contributed by atoms with Gasteiger partial charge >= 0.3 is 7.60 Å². The summed E-state index contributed by atoms with van der Waals surface area (Å²) in [7, 11) is -3.20. The fraction of sp³-hybridized carbons (Fsp3) is 0.444. The largest absolute Gasteiger partial charge is 0.491 e. The number of rotatable bonds is 8. The van der Waals surface area contributed by atoms with Crippen molar-refractivity contribution in [3.05, 3.63) is 42.0 Å². The molecule has 2 aromatic rings. The molecule has 0 aliphatic rings. The molecular formula is C18H25O4P. The highest BCUT2D eigenvalue weighted by Crippen LogP contribution is 2.53. The summed E-state index contributed by atoms with van der Waals surface area (Å²) in [6, 6.07) is 11.9. The Morgan fingerprint density at radius 1 is 1.00 bits per heavy atom. The molecule has 0 radical (unpaired) electrons. The van der Waals surface area contributed by atoms with Crippen molar-refractivity contribution in [2.75, 3.05) is 13.2 Å². The van der Waals surface area contributed by atoms with E-state index in [0.29, 0.717) is 13.2 Å². The van der Waals surface area contributed by atoms with Gasteiger partial charge < -0.3 is 13.8 Å². The number of benzene rings is 2. The summed E-state index contributed by atoms with van der Waals surface area (Å²) in [5.41, 5.74) is 0.877. The summed E-state index contributed by atoms with van der Waals surface area (Å²) < 4.78 is 29.8. The van der Waals surface area contributed by atoms with Crippen LogP contribution in [0.15, 0.2) is 36.4 Å². The van der Waals surface area contributed by atoms with E-state index in [0.717, 1.165) is 22.1 Å². The van der Waals surface area contributed by atoms with Crippen molar-refractivity contribution in [1.82, 2.24) is 0 Å². The molecule has 0 atom stereocenters. The number of hydrogen-bond donors (Lipinski definition) is 0. The second-order valence-corrected chi connectivity index (χ2v) is 7.59. The molecule has 23 heavy (non-hydrogen) atoms. The minimum atomic E-state index is -3.20. The third kappa shape index (κ3) is 4.57. The van der Waals surface area contributed by atoms with E-state index in [2.05, 4.69) is 0 Å². The van der Waals surface area contributed by atoms with E-state index in [1.807, 2.05) is 64.1 Å². The van der Waals surface area contributed by atoms with Gasteiger partial charge in [0, 0.05) is 5.56 Å². The smallest absolute Gasteiger partial charge is 0.335 e. The minimum absolute atomic E-state index is 0.0356. The van der Waals surface area contributed by atoms with Gasteiger partial charge in [0.25, 0.3) is 0 Å². The van der Waals surface area contributed by atoms with E-state index < -0.39 is 7.60 Å². The van der Waals surface area contributed by atoms with E-state index in [4.69, 9.17) is 13.8 Å². The molecule has 0 aliphatic carbocycles. The molecule has 0 bridgehead atoms. The number of hydrogen-bond acceptors (Lipinski definition) is 4. The first-order valence-electron chi connectivity index (χ1n) is 8.04. The highest BCUT2D eigenvalue weighted by atomic mass is 31.2. The van der Waals surface area contributed by atoms with E-state index in [1.54, 1.807) is 0 Å². The molecule has 0 unspecified atom stereocenters. The van der Waals surface area contributed by atoms with Crippen LogP contribution >= 0.6 is 7.60 Å². The predicted molar refractivity (Wildman–Crippen MR) is 94.3 cm³/mol. The Hall–Kier alpha value is -1.35. The first-order chi connectivity index (χ1) is 11.0. The first kappa shape index (κ1) is 18.0. The molecular weight excluding hydrogens is 311 g/mol. The van der Waals surface area contributed by atoms with Gasteiger partial charge in [-0.1, -0.05) is 30.3 Å². The topological polar surface area (TPSA) is 44.8 Å². The van der Waals surface area contributed by atoms with Crippen LogP contribution in [0.4, 0.5) is 0 Å². The van der Waals surface area contributed by atoms with Gasteiger partial charge in [0.15, 0.2) is 0 Å². The van der Waals surface area contributed by atoms with E-state index in [9.17, 15) is 4.57 Å². The molecule has 0 amide bonds. The van der Waals surface area contributed by atoms with Gasteiger partial charge in [0.05, 0.1) is 25.5 Å². The standard InChI is InChI=1S/C18H25O4P/c1-5-20-23(19,21-6-2)13-17-16-10-8-7-9-15(16)11-12-18(17)22-14(3)4/h7-12,14H,5-6,13H2,1-4H3. The van der Waals surface area contributed by atoms with Crippen LogP contribution in [0.3, 0.4) is 0 Å². The fourth-order valence-electron chi connectivity index (χ4n) is 2.56. The Balaban J connectivity index is 2.52. The molecule has 0 N–H and O–H groups in total. The lowest BCUT2D eigenvalue weighted by molar-refractivity contribution is 0.216. The summed E-state index contributed by atoms with van der Waals surface area (Å²) in [6.45, 7) is 8.29. The quantitative estimate of drug-likeness (QED) is 0.606. The van der Waals surface area contributed by atoms with Crippen molar-refractivity contribution in [2.45, 2.75) is 40.0 Å². The number of ether oxygens (including phenoxy) is 1. The van der Waals surface area contributed by atoms with Crippen molar-refractivity contribution in [3.8, 4) is 5.75 Å². The van der Waals surface area contributed by atoms with E-state index in [1.165, 1.54) is 0 Å². The van der Waals surface area contributed by atoms with Gasteiger partial charge in [-0.05, 0) is 44.5 Å². The molecule has 0 saturated carbocycles. The van der Waals surface area contributed by atoms with Crippen LogP contribution in [0.25, 0.3) is 10.8 Å². The van der Waals surface area contributed by atoms with Crippen LogP contribution in [-0.4, -0.2) is 19.3 Å². The number of fused-ring (bicyclic) bond motifs is 1. The lowest BCUT2D eigenvalue weighted by Gasteiger charge is -2.21. The molecule has 2 aromatic carbocycles. The molecule has 0 spiro atoms. The Labute approximate surface area is 138 Å². The molecule has 0 aromatic heterocycles. The maximum Gasteiger partial charge on any atom is 0.335 e. The Morgan fingerprint density at radius 2 is 1.65 bits per heavy atom. The maximum atomic E-state index is 13.0. The summed E-state index contributed by atoms with van der Waals surface area (Å²) in [5, 5.41) is 2.10. The zero-order chi connectivity index (χ0) is 16.9. The molecule has 0 fully saturated rings. The third-order valence-corrected chi connectivity index (χ3v) is 5.37. The molecule has 0 aliphatic heterocycles. The summed E-state index contributed by atoms with van der Waals surface area (Å²) in [4.78, 5) is 0. The summed E-state index contributed by atoms with van der Waals surface area (Å²) >= 11 is 0. The van der Waals surface area contributed by atoms with Gasteiger partial charge in [-0.15, -0.1) is 0 Å². The van der Waals surface area contributed by atoms with Crippen LogP contribution in [0.2, 0.25) is 0 Å². The molecule has 0 saturated heterocycles. The van der Waals surface area contributed by atoms with Crippen molar-refractivity contribution in [2.24, 2.45) is 0 Å². The Bertz CT molecular complexity index is 686. The molecule has 126 valence electrons. The van der Waals surface area contributed by atoms with Gasteiger partial charge in [-0.25, -0.2) is 0 Å². The lowest BCUT2D eigenvalue weighted by atomic mass is 10.0. The van der Waals surface area contributed by atoms with Gasteiger partial charge in [-0.3, -0.25) is 4.57 Å². The van der Waals surface area contributed by atoms with Gasteiger partial charge in [-0.2, -0.15) is 0 Å². The average Bonchev–Trinajstić information content (AvgIpc) is 2.49.